The van der Waals surface area contributed by atoms with Crippen LogP contribution in [0, 0.1) is 5.82 Å². The van der Waals surface area contributed by atoms with E-state index < -0.39 is 5.76 Å². The van der Waals surface area contributed by atoms with Gasteiger partial charge in [0.25, 0.3) is 0 Å². The minimum atomic E-state index is -0.491. The summed E-state index contributed by atoms with van der Waals surface area (Å²) < 4.78 is 19.3. The van der Waals surface area contributed by atoms with E-state index in [2.05, 4.69) is 26.2 Å². The van der Waals surface area contributed by atoms with Crippen molar-refractivity contribution in [1.82, 2.24) is 4.98 Å². The average molecular weight is 337 g/mol. The zero-order valence-corrected chi connectivity index (χ0v) is 11.8. The molecule has 1 aromatic heterocycles. The van der Waals surface area contributed by atoms with Gasteiger partial charge in [-0.1, -0.05) is 15.9 Å². The van der Waals surface area contributed by atoms with E-state index >= 15 is 0 Å². The van der Waals surface area contributed by atoms with E-state index in [4.69, 9.17) is 4.42 Å². The lowest BCUT2D eigenvalue weighted by Crippen LogP contribution is -2.01. The fraction of sp³-hybridized carbons (Fsp3) is 0.0714. The van der Waals surface area contributed by atoms with E-state index in [0.717, 1.165) is 10.2 Å². The number of aromatic nitrogens is 1. The number of fused-ring (bicyclic) bond motifs is 1. The van der Waals surface area contributed by atoms with Gasteiger partial charge in [0.05, 0.1) is 5.52 Å². The quantitative estimate of drug-likeness (QED) is 0.767. The number of halogens is 2. The highest BCUT2D eigenvalue weighted by Gasteiger charge is 2.05. The van der Waals surface area contributed by atoms with Gasteiger partial charge < -0.3 is 9.73 Å². The first-order chi connectivity index (χ1) is 9.61. The molecular formula is C14H10BrFN2O2. The van der Waals surface area contributed by atoms with Gasteiger partial charge in [-0.2, -0.15) is 0 Å². The second kappa shape index (κ2) is 5.13. The molecule has 0 radical (unpaired) electrons. The molecule has 0 saturated heterocycles. The molecule has 2 aromatic carbocycles. The highest BCUT2D eigenvalue weighted by molar-refractivity contribution is 9.10. The van der Waals surface area contributed by atoms with Crippen LogP contribution in [-0.2, 0) is 6.54 Å². The van der Waals surface area contributed by atoms with E-state index in [9.17, 15) is 9.18 Å². The third-order valence-corrected chi connectivity index (χ3v) is 3.40. The Morgan fingerprint density at radius 2 is 2.10 bits per heavy atom. The maximum atomic E-state index is 13.6. The smallest absolute Gasteiger partial charge is 0.408 e. The second-order valence-corrected chi connectivity index (χ2v) is 5.23. The Labute approximate surface area is 121 Å². The molecule has 0 aliphatic carbocycles. The van der Waals surface area contributed by atoms with Crippen LogP contribution in [0.1, 0.15) is 5.56 Å². The maximum absolute atomic E-state index is 13.6. The fourth-order valence-electron chi connectivity index (χ4n) is 1.94. The number of oxazole rings is 1. The van der Waals surface area contributed by atoms with Crippen molar-refractivity contribution in [3.63, 3.8) is 0 Å². The molecule has 102 valence electrons. The molecule has 0 aliphatic heterocycles. The highest BCUT2D eigenvalue weighted by Crippen LogP contribution is 2.19. The van der Waals surface area contributed by atoms with Gasteiger partial charge in [0.15, 0.2) is 5.58 Å². The number of benzene rings is 2. The SMILES string of the molecule is O=c1[nH]c2cc(NCc3cc(Br)ccc3F)ccc2o1. The van der Waals surface area contributed by atoms with Crippen LogP contribution in [-0.4, -0.2) is 4.98 Å². The third kappa shape index (κ3) is 2.60. The molecule has 4 nitrogen and oxygen atoms in total. The van der Waals surface area contributed by atoms with Crippen molar-refractivity contribution < 1.29 is 8.81 Å². The van der Waals surface area contributed by atoms with Crippen molar-refractivity contribution in [2.24, 2.45) is 0 Å². The van der Waals surface area contributed by atoms with Crippen molar-refractivity contribution in [3.05, 3.63) is 62.8 Å². The predicted octanol–water partition coefficient (Wildman–Crippen LogP) is 3.63. The van der Waals surface area contributed by atoms with Crippen LogP contribution in [0.25, 0.3) is 11.1 Å². The summed E-state index contributed by atoms with van der Waals surface area (Å²) in [5.41, 5.74) is 2.43. The Bertz CT molecular complexity index is 825. The lowest BCUT2D eigenvalue weighted by molar-refractivity contribution is 0.555. The second-order valence-electron chi connectivity index (χ2n) is 4.31. The molecular weight excluding hydrogens is 327 g/mol. The topological polar surface area (TPSA) is 58.0 Å². The summed E-state index contributed by atoms with van der Waals surface area (Å²) in [6.45, 7) is 0.346. The van der Waals surface area contributed by atoms with Crippen LogP contribution < -0.4 is 11.1 Å². The van der Waals surface area contributed by atoms with Gasteiger partial charge in [-0.3, -0.25) is 4.98 Å². The van der Waals surface area contributed by atoms with Gasteiger partial charge in [0.1, 0.15) is 5.82 Å². The zero-order valence-electron chi connectivity index (χ0n) is 10.2. The minimum absolute atomic E-state index is 0.265. The number of anilines is 1. The van der Waals surface area contributed by atoms with Crippen LogP contribution in [0.2, 0.25) is 0 Å². The van der Waals surface area contributed by atoms with E-state index in [1.54, 1.807) is 30.3 Å². The molecule has 0 bridgehead atoms. The van der Waals surface area contributed by atoms with Crippen molar-refractivity contribution >= 4 is 32.7 Å². The molecule has 2 N–H and O–H groups in total. The molecule has 20 heavy (non-hydrogen) atoms. The molecule has 3 aromatic rings. The maximum Gasteiger partial charge on any atom is 0.417 e. The lowest BCUT2D eigenvalue weighted by atomic mass is 10.2. The Hall–Kier alpha value is -2.08. The summed E-state index contributed by atoms with van der Waals surface area (Å²) in [6, 6.07) is 10.00. The summed E-state index contributed by atoms with van der Waals surface area (Å²) in [7, 11) is 0. The summed E-state index contributed by atoms with van der Waals surface area (Å²) in [5.74, 6) is -0.756. The van der Waals surface area contributed by atoms with Gasteiger partial charge in [-0.15, -0.1) is 0 Å². The van der Waals surface area contributed by atoms with Crippen LogP contribution in [0.3, 0.4) is 0 Å². The number of hydrogen-bond donors (Lipinski definition) is 2. The van der Waals surface area contributed by atoms with E-state index in [0.29, 0.717) is 23.2 Å². The molecule has 0 saturated carbocycles. The molecule has 6 heteroatoms. The standard InChI is InChI=1S/C14H10BrFN2O2/c15-9-1-3-11(16)8(5-9)7-17-10-2-4-13-12(6-10)18-14(19)20-13/h1-6,17H,7H2,(H,18,19). The number of aromatic amines is 1. The minimum Gasteiger partial charge on any atom is -0.408 e. The number of H-pyrrole nitrogens is 1. The van der Waals surface area contributed by atoms with Crippen molar-refractivity contribution in [2.45, 2.75) is 6.54 Å². The summed E-state index contributed by atoms with van der Waals surface area (Å²) in [5, 5.41) is 3.11. The Morgan fingerprint density at radius 3 is 2.95 bits per heavy atom. The zero-order chi connectivity index (χ0) is 14.1. The fourth-order valence-corrected chi connectivity index (χ4v) is 2.35. The van der Waals surface area contributed by atoms with Crippen molar-refractivity contribution in [1.29, 1.82) is 0 Å². The average Bonchev–Trinajstić information content (AvgIpc) is 2.79. The Kier molecular flexibility index (Phi) is 3.31. The van der Waals surface area contributed by atoms with Crippen LogP contribution in [0.4, 0.5) is 10.1 Å². The first kappa shape index (κ1) is 12.9. The molecule has 0 amide bonds. The van der Waals surface area contributed by atoms with Gasteiger partial charge in [-0.05, 0) is 36.4 Å². The normalized spacial score (nSPS) is 10.9. The van der Waals surface area contributed by atoms with Crippen molar-refractivity contribution in [3.8, 4) is 0 Å². The third-order valence-electron chi connectivity index (χ3n) is 2.91. The number of rotatable bonds is 3. The molecule has 3 rings (SSSR count). The van der Waals surface area contributed by atoms with Gasteiger partial charge in [0.2, 0.25) is 0 Å². The van der Waals surface area contributed by atoms with Crippen LogP contribution in [0.5, 0.6) is 0 Å². The van der Waals surface area contributed by atoms with Crippen LogP contribution >= 0.6 is 15.9 Å². The molecule has 0 spiro atoms. The monoisotopic (exact) mass is 336 g/mol. The largest absolute Gasteiger partial charge is 0.417 e. The van der Waals surface area contributed by atoms with E-state index in [1.165, 1.54) is 6.07 Å². The molecule has 0 atom stereocenters. The summed E-state index contributed by atoms with van der Waals surface area (Å²) in [4.78, 5) is 13.6. The first-order valence-electron chi connectivity index (χ1n) is 5.92. The Balaban J connectivity index is 1.82. The highest BCUT2D eigenvalue weighted by atomic mass is 79.9. The van der Waals surface area contributed by atoms with Crippen LogP contribution in [0.15, 0.2) is 50.1 Å². The molecule has 0 fully saturated rings. The summed E-state index contributed by atoms with van der Waals surface area (Å²) in [6.07, 6.45) is 0. The molecule has 0 aliphatic rings. The first-order valence-corrected chi connectivity index (χ1v) is 6.72. The summed E-state index contributed by atoms with van der Waals surface area (Å²) >= 11 is 3.31. The number of nitrogens with one attached hydrogen (secondary N) is 2. The van der Waals surface area contributed by atoms with Gasteiger partial charge in [-0.25, -0.2) is 9.18 Å². The predicted molar refractivity (Wildman–Crippen MR) is 78.3 cm³/mol. The lowest BCUT2D eigenvalue weighted by Gasteiger charge is -2.07. The van der Waals surface area contributed by atoms with E-state index in [-0.39, 0.29) is 5.82 Å². The van der Waals surface area contributed by atoms with Crippen molar-refractivity contribution in [2.75, 3.05) is 5.32 Å². The van der Waals surface area contributed by atoms with E-state index in [1.807, 2.05) is 0 Å². The van der Waals surface area contributed by atoms with Gasteiger partial charge >= 0.3 is 5.76 Å². The molecule has 0 unspecified atom stereocenters. The molecule has 1 heterocycles. The Morgan fingerprint density at radius 1 is 1.25 bits per heavy atom. The number of hydrogen-bond acceptors (Lipinski definition) is 3. The van der Waals surface area contributed by atoms with Gasteiger partial charge in [0, 0.05) is 22.3 Å².